The van der Waals surface area contributed by atoms with Gasteiger partial charge in [0.2, 0.25) is 0 Å². The van der Waals surface area contributed by atoms with Crippen LogP contribution in [0, 0.1) is 10.7 Å². The minimum atomic E-state index is -0.578. The molecule has 1 aromatic carbocycles. The number of hydrogen-bond donors (Lipinski definition) is 0. The standard InChI is InChI=1S/C17H19NO5S/c1-2-16(19)22-10-8-21-9-11-23-17(20)15(24-13-18)12-14-6-4-3-5-7-14/h2-7,15H,1,8-12H2. The second-order valence-corrected chi connectivity index (χ2v) is 5.53. The summed E-state index contributed by atoms with van der Waals surface area (Å²) in [6, 6.07) is 9.43. The zero-order valence-electron chi connectivity index (χ0n) is 13.2. The molecule has 0 aliphatic carbocycles. The number of nitrogens with zero attached hydrogens (tertiary/aromatic N) is 1. The lowest BCUT2D eigenvalue weighted by atomic mass is 10.1. The van der Waals surface area contributed by atoms with Gasteiger partial charge in [0.15, 0.2) is 0 Å². The van der Waals surface area contributed by atoms with Gasteiger partial charge in [0.1, 0.15) is 23.9 Å². The second-order valence-electron chi connectivity index (χ2n) is 4.54. The number of nitriles is 1. The first kappa shape index (κ1) is 19.7. The Hall–Kier alpha value is -2.30. The maximum absolute atomic E-state index is 12.0. The van der Waals surface area contributed by atoms with Gasteiger partial charge in [-0.1, -0.05) is 36.9 Å². The molecule has 1 aromatic rings. The molecule has 0 spiro atoms. The van der Waals surface area contributed by atoms with E-state index in [2.05, 4.69) is 6.58 Å². The van der Waals surface area contributed by atoms with Crippen LogP contribution in [0.1, 0.15) is 5.56 Å². The molecular formula is C17H19NO5S. The SMILES string of the molecule is C=CC(=O)OCCOCCOC(=O)C(Cc1ccccc1)SC#N. The summed E-state index contributed by atoms with van der Waals surface area (Å²) in [5.41, 5.74) is 0.961. The van der Waals surface area contributed by atoms with E-state index in [1.165, 1.54) is 0 Å². The molecule has 0 amide bonds. The summed E-state index contributed by atoms with van der Waals surface area (Å²) >= 11 is 0.880. The normalized spacial score (nSPS) is 11.1. The molecule has 1 atom stereocenters. The van der Waals surface area contributed by atoms with E-state index < -0.39 is 17.2 Å². The highest BCUT2D eigenvalue weighted by atomic mass is 32.2. The minimum absolute atomic E-state index is 0.0749. The average Bonchev–Trinajstić information content (AvgIpc) is 2.61. The van der Waals surface area contributed by atoms with Crippen molar-refractivity contribution in [1.29, 1.82) is 5.26 Å². The van der Waals surface area contributed by atoms with E-state index in [0.29, 0.717) is 6.42 Å². The van der Waals surface area contributed by atoms with Crippen molar-refractivity contribution < 1.29 is 23.8 Å². The second kappa shape index (κ2) is 12.2. The minimum Gasteiger partial charge on any atom is -0.462 e. The average molecular weight is 349 g/mol. The number of carbonyl (C=O) groups is 2. The van der Waals surface area contributed by atoms with Crippen molar-refractivity contribution in [1.82, 2.24) is 0 Å². The van der Waals surface area contributed by atoms with Crippen LogP contribution in [0.4, 0.5) is 0 Å². The van der Waals surface area contributed by atoms with Crippen LogP contribution in [0.5, 0.6) is 0 Å². The van der Waals surface area contributed by atoms with E-state index in [-0.39, 0.29) is 26.4 Å². The van der Waals surface area contributed by atoms with Crippen molar-refractivity contribution in [3.63, 3.8) is 0 Å². The van der Waals surface area contributed by atoms with Crippen LogP contribution in [-0.2, 0) is 30.2 Å². The third-order valence-electron chi connectivity index (χ3n) is 2.83. The lowest BCUT2D eigenvalue weighted by Gasteiger charge is -2.12. The van der Waals surface area contributed by atoms with Gasteiger partial charge in [-0.05, 0) is 23.7 Å². The van der Waals surface area contributed by atoms with Crippen molar-refractivity contribution >= 4 is 23.7 Å². The molecule has 0 bridgehead atoms. The zero-order valence-corrected chi connectivity index (χ0v) is 14.0. The molecule has 6 nitrogen and oxygen atoms in total. The summed E-state index contributed by atoms with van der Waals surface area (Å²) < 4.78 is 15.0. The van der Waals surface area contributed by atoms with Gasteiger partial charge >= 0.3 is 11.9 Å². The molecule has 0 N–H and O–H groups in total. The Labute approximate surface area is 145 Å². The molecule has 7 heteroatoms. The summed E-state index contributed by atoms with van der Waals surface area (Å²) in [4.78, 5) is 22.8. The molecular weight excluding hydrogens is 330 g/mol. The van der Waals surface area contributed by atoms with Crippen LogP contribution in [-0.4, -0.2) is 43.6 Å². The molecule has 0 saturated heterocycles. The maximum atomic E-state index is 12.0. The largest absolute Gasteiger partial charge is 0.462 e. The van der Waals surface area contributed by atoms with Gasteiger partial charge in [-0.3, -0.25) is 4.79 Å². The lowest BCUT2D eigenvalue weighted by molar-refractivity contribution is -0.144. The predicted molar refractivity (Wildman–Crippen MR) is 90.1 cm³/mol. The molecule has 0 aromatic heterocycles. The molecule has 24 heavy (non-hydrogen) atoms. The van der Waals surface area contributed by atoms with Gasteiger partial charge in [-0.15, -0.1) is 0 Å². The summed E-state index contributed by atoms with van der Waals surface area (Å²) in [7, 11) is 0. The van der Waals surface area contributed by atoms with Crippen molar-refractivity contribution in [3.8, 4) is 5.40 Å². The van der Waals surface area contributed by atoms with Gasteiger partial charge < -0.3 is 14.2 Å². The Morgan fingerprint density at radius 2 is 1.83 bits per heavy atom. The quantitative estimate of drug-likeness (QED) is 0.262. The lowest BCUT2D eigenvalue weighted by Crippen LogP contribution is -2.24. The van der Waals surface area contributed by atoms with Gasteiger partial charge in [-0.2, -0.15) is 5.26 Å². The summed E-state index contributed by atoms with van der Waals surface area (Å²) in [6.07, 6.45) is 1.50. The van der Waals surface area contributed by atoms with Crippen molar-refractivity contribution in [2.24, 2.45) is 0 Å². The molecule has 128 valence electrons. The highest BCUT2D eigenvalue weighted by Gasteiger charge is 2.21. The molecule has 0 radical (unpaired) electrons. The number of esters is 2. The van der Waals surface area contributed by atoms with Crippen molar-refractivity contribution in [3.05, 3.63) is 48.6 Å². The highest BCUT2D eigenvalue weighted by molar-refractivity contribution is 8.04. The first-order chi connectivity index (χ1) is 11.7. The van der Waals surface area contributed by atoms with Crippen LogP contribution >= 0.6 is 11.8 Å². The molecule has 0 heterocycles. The van der Waals surface area contributed by atoms with Crippen LogP contribution in [0.3, 0.4) is 0 Å². The van der Waals surface area contributed by atoms with Crippen molar-refractivity contribution in [2.75, 3.05) is 26.4 Å². The molecule has 1 unspecified atom stereocenters. The van der Waals surface area contributed by atoms with Crippen molar-refractivity contribution in [2.45, 2.75) is 11.7 Å². The summed E-state index contributed by atoms with van der Waals surface area (Å²) in [5.74, 6) is -0.964. The molecule has 0 fully saturated rings. The fourth-order valence-corrected chi connectivity index (χ4v) is 2.29. The smallest absolute Gasteiger partial charge is 0.330 e. The Balaban J connectivity index is 2.24. The Bertz CT molecular complexity index is 570. The molecule has 0 saturated carbocycles. The van der Waals surface area contributed by atoms with E-state index in [4.69, 9.17) is 19.5 Å². The zero-order chi connectivity index (χ0) is 17.6. The number of benzene rings is 1. The topological polar surface area (TPSA) is 85.6 Å². The van der Waals surface area contributed by atoms with Crippen LogP contribution in [0.15, 0.2) is 43.0 Å². The third-order valence-corrected chi connectivity index (χ3v) is 3.58. The van der Waals surface area contributed by atoms with E-state index >= 15 is 0 Å². The van der Waals surface area contributed by atoms with Crippen LogP contribution < -0.4 is 0 Å². The summed E-state index contributed by atoms with van der Waals surface area (Å²) in [5, 5.41) is 10.2. The van der Waals surface area contributed by atoms with E-state index in [1.807, 2.05) is 35.7 Å². The van der Waals surface area contributed by atoms with Gasteiger partial charge in [0, 0.05) is 6.08 Å². The van der Waals surface area contributed by atoms with Gasteiger partial charge in [0.05, 0.1) is 13.2 Å². The van der Waals surface area contributed by atoms with E-state index in [1.54, 1.807) is 0 Å². The summed E-state index contributed by atoms with van der Waals surface area (Å²) in [6.45, 7) is 3.85. The Morgan fingerprint density at radius 1 is 1.17 bits per heavy atom. The van der Waals surface area contributed by atoms with E-state index in [9.17, 15) is 9.59 Å². The third kappa shape index (κ3) is 8.36. The fraction of sp³-hybridized carbons (Fsp3) is 0.353. The Kier molecular flexibility index (Phi) is 10.0. The Morgan fingerprint density at radius 3 is 2.46 bits per heavy atom. The highest BCUT2D eigenvalue weighted by Crippen LogP contribution is 2.17. The molecule has 1 rings (SSSR count). The van der Waals surface area contributed by atoms with Gasteiger partial charge in [-0.25, -0.2) is 4.79 Å². The van der Waals surface area contributed by atoms with Crippen LogP contribution in [0.2, 0.25) is 0 Å². The first-order valence-corrected chi connectivity index (χ1v) is 8.17. The molecule has 0 aliphatic heterocycles. The van der Waals surface area contributed by atoms with Gasteiger partial charge in [0.25, 0.3) is 0 Å². The predicted octanol–water partition coefficient (Wildman–Crippen LogP) is 2.10. The van der Waals surface area contributed by atoms with Crippen LogP contribution in [0.25, 0.3) is 0 Å². The number of rotatable bonds is 11. The molecule has 0 aliphatic rings. The maximum Gasteiger partial charge on any atom is 0.330 e. The monoisotopic (exact) mass is 349 g/mol. The fourth-order valence-electron chi connectivity index (χ4n) is 1.72. The number of hydrogen-bond acceptors (Lipinski definition) is 7. The van der Waals surface area contributed by atoms with E-state index in [0.717, 1.165) is 23.4 Å². The first-order valence-electron chi connectivity index (χ1n) is 7.29. The number of carbonyl (C=O) groups excluding carboxylic acids is 2. The number of thioether (sulfide) groups is 1. The number of ether oxygens (including phenoxy) is 3. The number of thiocyanates is 1.